The molecule has 1 nitrogen and oxygen atoms in total. The summed E-state index contributed by atoms with van der Waals surface area (Å²) in [7, 11) is 0. The third-order valence-corrected chi connectivity index (χ3v) is 6.10. The lowest BCUT2D eigenvalue weighted by Gasteiger charge is -2.37. The molecule has 0 aromatic rings. The summed E-state index contributed by atoms with van der Waals surface area (Å²) in [5.41, 5.74) is 0. The predicted molar refractivity (Wildman–Crippen MR) is 101 cm³/mol. The van der Waals surface area contributed by atoms with Crippen LogP contribution in [0, 0.1) is 17.8 Å². The Morgan fingerprint density at radius 2 is 1.52 bits per heavy atom. The lowest BCUT2D eigenvalue weighted by molar-refractivity contribution is 0.00916. The topological polar surface area (TPSA) is 9.23 Å². The van der Waals surface area contributed by atoms with Gasteiger partial charge < -0.3 is 4.74 Å². The largest absolute Gasteiger partial charge is 0.378 e. The van der Waals surface area contributed by atoms with Crippen molar-refractivity contribution in [2.75, 3.05) is 6.61 Å². The average Bonchev–Trinajstić information content (AvgIpc) is 2.60. The molecule has 0 aromatic carbocycles. The van der Waals surface area contributed by atoms with Crippen molar-refractivity contribution in [3.63, 3.8) is 0 Å². The molecule has 2 saturated carbocycles. The van der Waals surface area contributed by atoms with Crippen molar-refractivity contribution < 1.29 is 4.74 Å². The fourth-order valence-electron chi connectivity index (χ4n) is 4.61. The van der Waals surface area contributed by atoms with Gasteiger partial charge in [-0.25, -0.2) is 0 Å². The average molecular weight is 319 g/mol. The zero-order chi connectivity index (χ0) is 16.3. The fraction of sp³-hybridized carbons (Fsp3) is 0.818. The van der Waals surface area contributed by atoms with Crippen LogP contribution >= 0.6 is 0 Å². The predicted octanol–water partition coefficient (Wildman–Crippen LogP) is 6.69. The lowest BCUT2D eigenvalue weighted by Crippen LogP contribution is -2.28. The Morgan fingerprint density at radius 3 is 2.13 bits per heavy atom. The van der Waals surface area contributed by atoms with Gasteiger partial charge in [0.15, 0.2) is 0 Å². The summed E-state index contributed by atoms with van der Waals surface area (Å²) >= 11 is 0. The highest BCUT2D eigenvalue weighted by Crippen LogP contribution is 2.41. The van der Waals surface area contributed by atoms with Crippen LogP contribution in [0.4, 0.5) is 0 Å². The van der Waals surface area contributed by atoms with Gasteiger partial charge >= 0.3 is 0 Å². The van der Waals surface area contributed by atoms with E-state index in [2.05, 4.69) is 25.7 Å². The van der Waals surface area contributed by atoms with Gasteiger partial charge in [-0.15, -0.1) is 6.58 Å². The summed E-state index contributed by atoms with van der Waals surface area (Å²) < 4.78 is 5.96. The minimum atomic E-state index is 0.535. The van der Waals surface area contributed by atoms with Gasteiger partial charge in [0.2, 0.25) is 0 Å². The van der Waals surface area contributed by atoms with E-state index in [0.717, 1.165) is 30.8 Å². The zero-order valence-electron chi connectivity index (χ0n) is 15.3. The molecule has 2 aliphatic carbocycles. The molecule has 23 heavy (non-hydrogen) atoms. The quantitative estimate of drug-likeness (QED) is 0.340. The molecule has 0 spiro atoms. The summed E-state index contributed by atoms with van der Waals surface area (Å²) in [6, 6.07) is 0. The van der Waals surface area contributed by atoms with Gasteiger partial charge in [-0.1, -0.05) is 38.0 Å². The lowest BCUT2D eigenvalue weighted by atomic mass is 9.70. The van der Waals surface area contributed by atoms with Crippen molar-refractivity contribution in [3.05, 3.63) is 24.8 Å². The molecule has 0 N–H and O–H groups in total. The van der Waals surface area contributed by atoms with Crippen LogP contribution in [0.3, 0.4) is 0 Å². The summed E-state index contributed by atoms with van der Waals surface area (Å²) in [6.07, 6.45) is 23.5. The van der Waals surface area contributed by atoms with Gasteiger partial charge in [-0.05, 0) is 82.0 Å². The van der Waals surface area contributed by atoms with E-state index in [0.29, 0.717) is 6.10 Å². The first-order chi connectivity index (χ1) is 11.3. The molecule has 2 rings (SSSR count). The Balaban J connectivity index is 1.59. The molecule has 0 aromatic heterocycles. The molecule has 0 radical (unpaired) electrons. The molecule has 1 heteroatoms. The standard InChI is InChI=1S/C22H38O/c1-3-5-7-8-9-19-10-12-20(13-11-19)21-14-16-22(17-15-21)23-18-6-4-2/h4-5,7,19-22H,2-3,6,8-18H2,1H3/b7-5+. The first-order valence-electron chi connectivity index (χ1n) is 10.2. The van der Waals surface area contributed by atoms with Crippen LogP contribution in [-0.4, -0.2) is 12.7 Å². The summed E-state index contributed by atoms with van der Waals surface area (Å²) in [5, 5.41) is 0. The molecule has 0 unspecified atom stereocenters. The third kappa shape index (κ3) is 6.83. The molecule has 0 heterocycles. The van der Waals surface area contributed by atoms with Crippen LogP contribution in [0.15, 0.2) is 24.8 Å². The van der Waals surface area contributed by atoms with Crippen LogP contribution < -0.4 is 0 Å². The first-order valence-corrected chi connectivity index (χ1v) is 10.2. The second-order valence-corrected chi connectivity index (χ2v) is 7.72. The number of allylic oxidation sites excluding steroid dienone is 2. The van der Waals surface area contributed by atoms with Gasteiger partial charge in [0.25, 0.3) is 0 Å². The van der Waals surface area contributed by atoms with E-state index < -0.39 is 0 Å². The van der Waals surface area contributed by atoms with E-state index in [9.17, 15) is 0 Å². The van der Waals surface area contributed by atoms with Crippen molar-refractivity contribution in [3.8, 4) is 0 Å². The molecule has 2 fully saturated rings. The maximum Gasteiger partial charge on any atom is 0.0575 e. The molecule has 0 bridgehead atoms. The van der Waals surface area contributed by atoms with Gasteiger partial charge in [0.05, 0.1) is 12.7 Å². The molecule has 0 aliphatic heterocycles. The molecule has 0 atom stereocenters. The van der Waals surface area contributed by atoms with Gasteiger partial charge in [-0.2, -0.15) is 0 Å². The van der Waals surface area contributed by atoms with Crippen LogP contribution in [0.1, 0.15) is 84.0 Å². The minimum absolute atomic E-state index is 0.535. The Hall–Kier alpha value is -0.560. The SMILES string of the molecule is C=CCCOC1CCC(C2CCC(CC/C=C/CC)CC2)CC1. The summed E-state index contributed by atoms with van der Waals surface area (Å²) in [6.45, 7) is 6.86. The van der Waals surface area contributed by atoms with E-state index in [1.54, 1.807) is 0 Å². The maximum atomic E-state index is 5.96. The highest BCUT2D eigenvalue weighted by Gasteiger charge is 2.30. The van der Waals surface area contributed by atoms with Crippen LogP contribution in [0.2, 0.25) is 0 Å². The van der Waals surface area contributed by atoms with Crippen molar-refractivity contribution in [2.45, 2.75) is 90.1 Å². The molecule has 2 aliphatic rings. The second-order valence-electron chi connectivity index (χ2n) is 7.72. The number of hydrogen-bond acceptors (Lipinski definition) is 1. The van der Waals surface area contributed by atoms with Crippen LogP contribution in [0.25, 0.3) is 0 Å². The molecular weight excluding hydrogens is 280 g/mol. The van der Waals surface area contributed by atoms with Crippen LogP contribution in [-0.2, 0) is 4.74 Å². The van der Waals surface area contributed by atoms with E-state index in [4.69, 9.17) is 4.74 Å². The first kappa shape index (κ1) is 18.8. The highest BCUT2D eigenvalue weighted by atomic mass is 16.5. The highest BCUT2D eigenvalue weighted by molar-refractivity contribution is 4.85. The Kier molecular flexibility index (Phi) is 9.04. The smallest absolute Gasteiger partial charge is 0.0575 e. The summed E-state index contributed by atoms with van der Waals surface area (Å²) in [4.78, 5) is 0. The van der Waals surface area contributed by atoms with Crippen molar-refractivity contribution in [1.29, 1.82) is 0 Å². The van der Waals surface area contributed by atoms with E-state index in [1.807, 2.05) is 6.08 Å². The monoisotopic (exact) mass is 318 g/mol. The van der Waals surface area contributed by atoms with E-state index in [1.165, 1.54) is 70.6 Å². The Bertz CT molecular complexity index is 330. The van der Waals surface area contributed by atoms with Gasteiger partial charge in [0, 0.05) is 0 Å². The molecular formula is C22H38O. The molecule has 0 saturated heterocycles. The van der Waals surface area contributed by atoms with Crippen molar-refractivity contribution in [1.82, 2.24) is 0 Å². The maximum absolute atomic E-state index is 5.96. The Labute approximate surface area is 144 Å². The van der Waals surface area contributed by atoms with Crippen molar-refractivity contribution >= 4 is 0 Å². The van der Waals surface area contributed by atoms with E-state index >= 15 is 0 Å². The normalized spacial score (nSPS) is 32.2. The number of ether oxygens (including phenoxy) is 1. The zero-order valence-corrected chi connectivity index (χ0v) is 15.3. The number of hydrogen-bond donors (Lipinski definition) is 0. The van der Waals surface area contributed by atoms with Gasteiger partial charge in [0.1, 0.15) is 0 Å². The summed E-state index contributed by atoms with van der Waals surface area (Å²) in [5.74, 6) is 3.02. The molecule has 132 valence electrons. The number of rotatable bonds is 9. The Morgan fingerprint density at radius 1 is 0.870 bits per heavy atom. The second kappa shape index (κ2) is 11.1. The fourth-order valence-corrected chi connectivity index (χ4v) is 4.61. The minimum Gasteiger partial charge on any atom is -0.378 e. The molecule has 0 amide bonds. The van der Waals surface area contributed by atoms with E-state index in [-0.39, 0.29) is 0 Å². The van der Waals surface area contributed by atoms with Crippen LogP contribution in [0.5, 0.6) is 0 Å². The third-order valence-electron chi connectivity index (χ3n) is 6.10. The van der Waals surface area contributed by atoms with Gasteiger partial charge in [-0.3, -0.25) is 0 Å². The van der Waals surface area contributed by atoms with Crippen molar-refractivity contribution in [2.24, 2.45) is 17.8 Å².